The Morgan fingerprint density at radius 3 is 2.71 bits per heavy atom. The maximum atomic E-state index is 11.2. The topological polar surface area (TPSA) is 81.8 Å². The average molecular weight is 260 g/mol. The zero-order valence-electron chi connectivity index (χ0n) is 9.57. The molecule has 1 rings (SSSR count). The number of hydrogen-bond acceptors (Lipinski definition) is 5. The lowest BCUT2D eigenvalue weighted by atomic mass is 10.1. The summed E-state index contributed by atoms with van der Waals surface area (Å²) in [6.45, 7) is 0. The predicted octanol–water partition coefficient (Wildman–Crippen LogP) is 1.10. The van der Waals surface area contributed by atoms with Crippen molar-refractivity contribution >= 4 is 17.6 Å². The van der Waals surface area contributed by atoms with Crippen LogP contribution in [0.2, 0.25) is 5.02 Å². The second-order valence-corrected chi connectivity index (χ2v) is 3.89. The molecular weight excluding hydrogens is 246 g/mol. The second kappa shape index (κ2) is 5.75. The summed E-state index contributed by atoms with van der Waals surface area (Å²) >= 11 is 5.85. The van der Waals surface area contributed by atoms with Crippen LogP contribution in [0.4, 0.5) is 0 Å². The minimum atomic E-state index is -0.853. The van der Waals surface area contributed by atoms with Gasteiger partial charge < -0.3 is 20.3 Å². The molecule has 0 fully saturated rings. The maximum absolute atomic E-state index is 11.2. The highest BCUT2D eigenvalue weighted by Gasteiger charge is 2.18. The number of nitrogens with two attached hydrogens (primary N) is 1. The van der Waals surface area contributed by atoms with E-state index >= 15 is 0 Å². The average Bonchev–Trinajstić information content (AvgIpc) is 2.31. The smallest absolute Gasteiger partial charge is 0.322 e. The van der Waals surface area contributed by atoms with Gasteiger partial charge in [0, 0.05) is 23.1 Å². The molecule has 0 heterocycles. The number of ether oxygens (including phenoxy) is 2. The van der Waals surface area contributed by atoms with E-state index in [1.54, 1.807) is 0 Å². The minimum Gasteiger partial charge on any atom is -0.504 e. The Bertz CT molecular complexity index is 422. The molecule has 0 saturated heterocycles. The van der Waals surface area contributed by atoms with Crippen LogP contribution in [-0.2, 0) is 16.0 Å². The van der Waals surface area contributed by atoms with Crippen molar-refractivity contribution in [1.29, 1.82) is 0 Å². The fraction of sp³-hybridized carbons (Fsp3) is 0.364. The standard InChI is InChI=1S/C11H14ClNO4/c1-16-9-5-7(12)3-6(10(9)14)4-8(13)11(15)17-2/h3,5,8,14H,4,13H2,1-2H3. The Morgan fingerprint density at radius 1 is 1.53 bits per heavy atom. The van der Waals surface area contributed by atoms with Crippen LogP contribution in [0.1, 0.15) is 5.56 Å². The summed E-state index contributed by atoms with van der Waals surface area (Å²) in [5, 5.41) is 10.2. The number of phenolic OH excluding ortho intramolecular Hbond substituents is 1. The highest BCUT2D eigenvalue weighted by atomic mass is 35.5. The molecule has 0 aliphatic carbocycles. The molecule has 0 saturated carbocycles. The summed E-state index contributed by atoms with van der Waals surface area (Å²) in [7, 11) is 2.66. The van der Waals surface area contributed by atoms with Gasteiger partial charge in [-0.3, -0.25) is 4.79 Å². The number of hydrogen-bond donors (Lipinski definition) is 2. The Labute approximate surface area is 104 Å². The Morgan fingerprint density at radius 2 is 2.18 bits per heavy atom. The predicted molar refractivity (Wildman–Crippen MR) is 63.4 cm³/mol. The third kappa shape index (κ3) is 3.25. The first-order chi connectivity index (χ1) is 7.99. The largest absolute Gasteiger partial charge is 0.504 e. The van der Waals surface area contributed by atoms with Crippen LogP contribution in [0.15, 0.2) is 12.1 Å². The number of carbonyl (C=O) groups excluding carboxylic acids is 1. The normalized spacial score (nSPS) is 12.0. The van der Waals surface area contributed by atoms with Crippen molar-refractivity contribution in [2.24, 2.45) is 5.73 Å². The molecule has 1 unspecified atom stereocenters. The first-order valence-electron chi connectivity index (χ1n) is 4.88. The van der Waals surface area contributed by atoms with Crippen LogP contribution in [-0.4, -0.2) is 31.3 Å². The number of esters is 1. The van der Waals surface area contributed by atoms with Gasteiger partial charge in [0.25, 0.3) is 0 Å². The lowest BCUT2D eigenvalue weighted by Gasteiger charge is -2.13. The van der Waals surface area contributed by atoms with Crippen LogP contribution >= 0.6 is 11.6 Å². The molecule has 6 heteroatoms. The molecule has 0 radical (unpaired) electrons. The Kier molecular flexibility index (Phi) is 4.60. The molecular formula is C11H14ClNO4. The second-order valence-electron chi connectivity index (χ2n) is 3.45. The van der Waals surface area contributed by atoms with Crippen molar-refractivity contribution in [1.82, 2.24) is 0 Å². The van der Waals surface area contributed by atoms with Crippen molar-refractivity contribution < 1.29 is 19.4 Å². The summed E-state index contributed by atoms with van der Waals surface area (Å²) in [5.74, 6) is -0.385. The zero-order valence-corrected chi connectivity index (χ0v) is 10.3. The maximum Gasteiger partial charge on any atom is 0.322 e. The third-order valence-electron chi connectivity index (χ3n) is 2.28. The molecule has 0 spiro atoms. The van der Waals surface area contributed by atoms with Crippen molar-refractivity contribution in [3.05, 3.63) is 22.7 Å². The van der Waals surface area contributed by atoms with Crippen LogP contribution < -0.4 is 10.5 Å². The number of phenols is 1. The molecule has 1 aromatic rings. The fourth-order valence-corrected chi connectivity index (χ4v) is 1.64. The molecule has 0 aromatic heterocycles. The van der Waals surface area contributed by atoms with Gasteiger partial charge in [-0.25, -0.2) is 0 Å². The molecule has 0 bridgehead atoms. The van der Waals surface area contributed by atoms with E-state index in [2.05, 4.69) is 4.74 Å². The van der Waals surface area contributed by atoms with E-state index in [0.717, 1.165) is 0 Å². The van der Waals surface area contributed by atoms with E-state index in [1.807, 2.05) is 0 Å². The molecule has 94 valence electrons. The Hall–Kier alpha value is -1.46. The van der Waals surface area contributed by atoms with Crippen LogP contribution in [0, 0.1) is 0 Å². The van der Waals surface area contributed by atoms with Gasteiger partial charge in [0.15, 0.2) is 11.5 Å². The molecule has 3 N–H and O–H groups in total. The molecule has 0 amide bonds. The quantitative estimate of drug-likeness (QED) is 0.792. The summed E-state index contributed by atoms with van der Waals surface area (Å²) in [6, 6.07) is 2.15. The number of halogens is 1. The highest BCUT2D eigenvalue weighted by Crippen LogP contribution is 2.33. The number of methoxy groups -OCH3 is 2. The van der Waals surface area contributed by atoms with E-state index in [1.165, 1.54) is 26.4 Å². The van der Waals surface area contributed by atoms with Crippen LogP contribution in [0.3, 0.4) is 0 Å². The first kappa shape index (κ1) is 13.6. The lowest BCUT2D eigenvalue weighted by Crippen LogP contribution is -2.33. The van der Waals surface area contributed by atoms with Gasteiger partial charge in [-0.1, -0.05) is 11.6 Å². The van der Waals surface area contributed by atoms with Gasteiger partial charge in [-0.05, 0) is 6.07 Å². The van der Waals surface area contributed by atoms with E-state index in [-0.39, 0.29) is 17.9 Å². The van der Waals surface area contributed by atoms with Crippen LogP contribution in [0.5, 0.6) is 11.5 Å². The molecule has 1 atom stereocenters. The van der Waals surface area contributed by atoms with E-state index in [4.69, 9.17) is 22.1 Å². The van der Waals surface area contributed by atoms with Gasteiger partial charge in [0.1, 0.15) is 6.04 Å². The minimum absolute atomic E-state index is 0.0729. The van der Waals surface area contributed by atoms with Gasteiger partial charge in [-0.15, -0.1) is 0 Å². The number of rotatable bonds is 4. The molecule has 5 nitrogen and oxygen atoms in total. The van der Waals surface area contributed by atoms with Crippen LogP contribution in [0.25, 0.3) is 0 Å². The van der Waals surface area contributed by atoms with Gasteiger partial charge >= 0.3 is 5.97 Å². The summed E-state index contributed by atoms with van der Waals surface area (Å²) in [4.78, 5) is 11.2. The molecule has 1 aromatic carbocycles. The lowest BCUT2D eigenvalue weighted by molar-refractivity contribution is -0.142. The highest BCUT2D eigenvalue weighted by molar-refractivity contribution is 6.30. The van der Waals surface area contributed by atoms with E-state index in [0.29, 0.717) is 10.6 Å². The molecule has 17 heavy (non-hydrogen) atoms. The zero-order chi connectivity index (χ0) is 13.0. The summed E-state index contributed by atoms with van der Waals surface area (Å²) in [6.07, 6.45) is 0.120. The Balaban J connectivity index is 2.98. The first-order valence-corrected chi connectivity index (χ1v) is 5.26. The molecule has 0 aliphatic rings. The van der Waals surface area contributed by atoms with Crippen molar-refractivity contribution in [2.45, 2.75) is 12.5 Å². The van der Waals surface area contributed by atoms with Crippen molar-refractivity contribution in [3.8, 4) is 11.5 Å². The van der Waals surface area contributed by atoms with Gasteiger partial charge in [0.05, 0.1) is 14.2 Å². The van der Waals surface area contributed by atoms with Gasteiger partial charge in [-0.2, -0.15) is 0 Å². The SMILES string of the molecule is COC(=O)C(N)Cc1cc(Cl)cc(OC)c1O. The summed E-state index contributed by atoms with van der Waals surface area (Å²) < 4.78 is 9.44. The van der Waals surface area contributed by atoms with E-state index < -0.39 is 12.0 Å². The summed E-state index contributed by atoms with van der Waals surface area (Å²) in [5.41, 5.74) is 6.04. The van der Waals surface area contributed by atoms with Crippen molar-refractivity contribution in [2.75, 3.05) is 14.2 Å². The van der Waals surface area contributed by atoms with E-state index in [9.17, 15) is 9.90 Å². The fourth-order valence-electron chi connectivity index (χ4n) is 1.41. The number of benzene rings is 1. The molecule has 0 aliphatic heterocycles. The van der Waals surface area contributed by atoms with Crippen molar-refractivity contribution in [3.63, 3.8) is 0 Å². The number of carbonyl (C=O) groups is 1. The van der Waals surface area contributed by atoms with Gasteiger partial charge in [0.2, 0.25) is 0 Å². The monoisotopic (exact) mass is 259 g/mol. The third-order valence-corrected chi connectivity index (χ3v) is 2.50. The number of aromatic hydroxyl groups is 1.